The summed E-state index contributed by atoms with van der Waals surface area (Å²) in [4.78, 5) is 21.1. The van der Waals surface area contributed by atoms with Crippen LogP contribution in [0.5, 0.6) is 5.75 Å². The first kappa shape index (κ1) is 11.0. The van der Waals surface area contributed by atoms with Crippen LogP contribution >= 0.6 is 0 Å². The summed E-state index contributed by atoms with van der Waals surface area (Å²) in [5, 5.41) is 4.93. The third-order valence-electron chi connectivity index (χ3n) is 1.71. The number of carbonyl (C=O) groups excluding carboxylic acids is 2. The van der Waals surface area contributed by atoms with Crippen LogP contribution in [0.15, 0.2) is 24.3 Å². The van der Waals surface area contributed by atoms with Crippen molar-refractivity contribution in [3.63, 3.8) is 0 Å². The van der Waals surface area contributed by atoms with Crippen LogP contribution in [0, 0.1) is 0 Å². The summed E-state index contributed by atoms with van der Waals surface area (Å²) in [5.41, 5.74) is 0.624. The van der Waals surface area contributed by atoms with E-state index in [1.807, 2.05) is 0 Å². The van der Waals surface area contributed by atoms with Crippen molar-refractivity contribution in [1.82, 2.24) is 5.32 Å². The Bertz CT molecular complexity index is 352. The van der Waals surface area contributed by atoms with Crippen molar-refractivity contribution in [3.05, 3.63) is 24.3 Å². The Kier molecular flexibility index (Phi) is 4.15. The van der Waals surface area contributed by atoms with Crippen LogP contribution in [0.1, 0.15) is 0 Å². The molecule has 5 heteroatoms. The lowest BCUT2D eigenvalue weighted by Gasteiger charge is -2.06. The summed E-state index contributed by atoms with van der Waals surface area (Å²) in [6.07, 6.45) is 0.581. The van der Waals surface area contributed by atoms with Crippen LogP contribution in [0.2, 0.25) is 0 Å². The first-order valence-electron chi connectivity index (χ1n) is 4.40. The number of anilines is 1. The van der Waals surface area contributed by atoms with Crippen LogP contribution in [0.4, 0.5) is 5.69 Å². The summed E-state index contributed by atoms with van der Waals surface area (Å²) in [6.45, 7) is -0.0406. The molecule has 80 valence electrons. The van der Waals surface area contributed by atoms with Crippen LogP contribution in [-0.4, -0.2) is 26.0 Å². The second-order valence-electron chi connectivity index (χ2n) is 2.75. The summed E-state index contributed by atoms with van der Waals surface area (Å²) in [5.74, 6) is 0.328. The van der Waals surface area contributed by atoms with E-state index in [1.54, 1.807) is 24.3 Å². The molecule has 5 nitrogen and oxygen atoms in total. The van der Waals surface area contributed by atoms with Crippen molar-refractivity contribution in [3.8, 4) is 5.75 Å². The van der Waals surface area contributed by atoms with E-state index in [4.69, 9.17) is 4.74 Å². The minimum Gasteiger partial charge on any atom is -0.484 e. The number of amides is 2. The van der Waals surface area contributed by atoms with E-state index in [0.717, 1.165) is 0 Å². The molecule has 0 unspecified atom stereocenters. The molecule has 0 radical (unpaired) electrons. The van der Waals surface area contributed by atoms with Crippen molar-refractivity contribution in [1.29, 1.82) is 0 Å². The molecule has 0 aliphatic heterocycles. The third-order valence-corrected chi connectivity index (χ3v) is 1.71. The number of nitrogens with one attached hydrogen (secondary N) is 2. The van der Waals surface area contributed by atoms with E-state index in [2.05, 4.69) is 10.6 Å². The number of benzene rings is 1. The lowest BCUT2D eigenvalue weighted by atomic mass is 10.3. The molecule has 0 aliphatic rings. The van der Waals surface area contributed by atoms with E-state index in [0.29, 0.717) is 17.8 Å². The van der Waals surface area contributed by atoms with Gasteiger partial charge in [0, 0.05) is 18.8 Å². The highest BCUT2D eigenvalue weighted by Gasteiger charge is 2.00. The molecule has 0 bridgehead atoms. The average Bonchev–Trinajstić information content (AvgIpc) is 2.27. The van der Waals surface area contributed by atoms with Crippen molar-refractivity contribution in [2.45, 2.75) is 0 Å². The van der Waals surface area contributed by atoms with E-state index >= 15 is 0 Å². The van der Waals surface area contributed by atoms with Gasteiger partial charge in [-0.1, -0.05) is 6.07 Å². The number of carbonyl (C=O) groups is 2. The average molecular weight is 208 g/mol. The fourth-order valence-corrected chi connectivity index (χ4v) is 0.965. The number of rotatable bonds is 5. The molecule has 0 atom stereocenters. The van der Waals surface area contributed by atoms with Gasteiger partial charge in [-0.25, -0.2) is 0 Å². The van der Waals surface area contributed by atoms with Gasteiger partial charge in [-0.15, -0.1) is 0 Å². The first-order chi connectivity index (χ1) is 7.26. The Balaban J connectivity index is 2.57. The molecule has 0 heterocycles. The van der Waals surface area contributed by atoms with Gasteiger partial charge < -0.3 is 15.4 Å². The Morgan fingerprint density at radius 1 is 1.53 bits per heavy atom. The Morgan fingerprint density at radius 3 is 3.00 bits per heavy atom. The molecule has 0 fully saturated rings. The molecule has 0 saturated heterocycles. The highest BCUT2D eigenvalue weighted by molar-refractivity contribution is 5.77. The summed E-state index contributed by atoms with van der Waals surface area (Å²) >= 11 is 0. The van der Waals surface area contributed by atoms with Crippen LogP contribution in [0.25, 0.3) is 0 Å². The van der Waals surface area contributed by atoms with Crippen molar-refractivity contribution < 1.29 is 14.3 Å². The summed E-state index contributed by atoms with van der Waals surface area (Å²) in [7, 11) is 1.54. The smallest absolute Gasteiger partial charge is 0.257 e. The molecule has 2 N–H and O–H groups in total. The number of ether oxygens (including phenoxy) is 1. The second-order valence-corrected chi connectivity index (χ2v) is 2.75. The Labute approximate surface area is 87.4 Å². The van der Waals surface area contributed by atoms with Crippen LogP contribution in [0.3, 0.4) is 0 Å². The second kappa shape index (κ2) is 5.64. The fourth-order valence-electron chi connectivity index (χ4n) is 0.965. The summed E-state index contributed by atoms with van der Waals surface area (Å²) in [6, 6.07) is 6.79. The molecule has 1 aromatic carbocycles. The molecular formula is C10H12N2O3. The topological polar surface area (TPSA) is 67.4 Å². The zero-order chi connectivity index (χ0) is 11.1. The summed E-state index contributed by atoms with van der Waals surface area (Å²) < 4.78 is 5.18. The van der Waals surface area contributed by atoms with Gasteiger partial charge in [-0.05, 0) is 12.1 Å². The number of hydrogen-bond donors (Lipinski definition) is 2. The predicted molar refractivity (Wildman–Crippen MR) is 55.7 cm³/mol. The van der Waals surface area contributed by atoms with Gasteiger partial charge in [0.1, 0.15) is 5.75 Å². The molecule has 15 heavy (non-hydrogen) atoms. The van der Waals surface area contributed by atoms with Crippen LogP contribution in [-0.2, 0) is 9.59 Å². The third kappa shape index (κ3) is 3.68. The lowest BCUT2D eigenvalue weighted by Crippen LogP contribution is -2.24. The zero-order valence-electron chi connectivity index (χ0n) is 8.32. The van der Waals surface area contributed by atoms with Gasteiger partial charge in [0.05, 0.1) is 0 Å². The lowest BCUT2D eigenvalue weighted by molar-refractivity contribution is -0.122. The minimum absolute atomic E-state index is 0.0406. The molecule has 0 aliphatic carbocycles. The Morgan fingerprint density at radius 2 is 2.33 bits per heavy atom. The normalized spacial score (nSPS) is 9.13. The van der Waals surface area contributed by atoms with Gasteiger partial charge in [0.2, 0.25) is 6.41 Å². The van der Waals surface area contributed by atoms with Crippen LogP contribution < -0.4 is 15.4 Å². The van der Waals surface area contributed by atoms with Gasteiger partial charge in [-0.3, -0.25) is 9.59 Å². The highest BCUT2D eigenvalue weighted by Crippen LogP contribution is 2.16. The molecule has 0 spiro atoms. The van der Waals surface area contributed by atoms with E-state index < -0.39 is 0 Å². The fraction of sp³-hybridized carbons (Fsp3) is 0.200. The minimum atomic E-state index is -0.205. The van der Waals surface area contributed by atoms with Gasteiger partial charge >= 0.3 is 0 Å². The molecule has 1 aromatic rings. The molecule has 2 amide bonds. The molecular weight excluding hydrogens is 196 g/mol. The molecule has 0 aromatic heterocycles. The molecule has 0 saturated carbocycles. The van der Waals surface area contributed by atoms with Gasteiger partial charge in [0.25, 0.3) is 5.91 Å². The first-order valence-corrected chi connectivity index (χ1v) is 4.40. The maximum absolute atomic E-state index is 10.9. The van der Waals surface area contributed by atoms with Crippen molar-refractivity contribution in [2.75, 3.05) is 19.0 Å². The number of likely N-dealkylation sites (N-methyl/N-ethyl adjacent to an activating group) is 1. The van der Waals surface area contributed by atoms with Crippen molar-refractivity contribution in [2.24, 2.45) is 0 Å². The highest BCUT2D eigenvalue weighted by atomic mass is 16.5. The SMILES string of the molecule is CNC(=O)COc1cccc(NC=O)c1. The van der Waals surface area contributed by atoms with Gasteiger partial charge in [0.15, 0.2) is 6.61 Å². The Hall–Kier alpha value is -2.04. The maximum atomic E-state index is 10.9. The van der Waals surface area contributed by atoms with Crippen molar-refractivity contribution >= 4 is 18.0 Å². The quantitative estimate of drug-likeness (QED) is 0.687. The van der Waals surface area contributed by atoms with E-state index in [9.17, 15) is 9.59 Å². The largest absolute Gasteiger partial charge is 0.484 e. The van der Waals surface area contributed by atoms with E-state index in [1.165, 1.54) is 7.05 Å². The van der Waals surface area contributed by atoms with Gasteiger partial charge in [-0.2, -0.15) is 0 Å². The molecule has 1 rings (SSSR count). The maximum Gasteiger partial charge on any atom is 0.257 e. The zero-order valence-corrected chi connectivity index (χ0v) is 8.32. The monoisotopic (exact) mass is 208 g/mol. The number of hydrogen-bond acceptors (Lipinski definition) is 3. The van der Waals surface area contributed by atoms with E-state index in [-0.39, 0.29) is 12.5 Å². The standard InChI is InChI=1S/C10H12N2O3/c1-11-10(14)6-15-9-4-2-3-8(5-9)12-7-13/h2-5,7H,6H2,1H3,(H,11,14)(H,12,13). The predicted octanol–water partition coefficient (Wildman–Crippen LogP) is 0.380.